The van der Waals surface area contributed by atoms with Crippen LogP contribution < -0.4 is 5.32 Å². The highest BCUT2D eigenvalue weighted by atomic mass is 16.5. The molecule has 7 aliphatic rings. The van der Waals surface area contributed by atoms with Crippen LogP contribution in [0.5, 0.6) is 0 Å². The fourth-order valence-electron chi connectivity index (χ4n) is 5.15. The normalized spacial score (nSPS) is 40.3. The van der Waals surface area contributed by atoms with Crippen LogP contribution in [0.25, 0.3) is 0 Å². The van der Waals surface area contributed by atoms with Gasteiger partial charge in [-0.3, -0.25) is 43.9 Å². The van der Waals surface area contributed by atoms with Gasteiger partial charge in [-0.1, -0.05) is 24.3 Å². The summed E-state index contributed by atoms with van der Waals surface area (Å²) < 4.78 is 10.8. The van der Waals surface area contributed by atoms with E-state index in [1.54, 1.807) is 7.05 Å². The van der Waals surface area contributed by atoms with Crippen molar-refractivity contribution in [2.45, 2.75) is 24.4 Å². The quantitative estimate of drug-likeness (QED) is 0.337. The van der Waals surface area contributed by atoms with E-state index < -0.39 is 0 Å². The van der Waals surface area contributed by atoms with E-state index in [4.69, 9.17) is 9.47 Å². The molecule has 4 fully saturated rings. The first kappa shape index (κ1) is 21.4. The Morgan fingerprint density at radius 1 is 0.606 bits per heavy atom. The molecule has 0 aliphatic carbocycles. The second-order valence-electron chi connectivity index (χ2n) is 8.66. The van der Waals surface area contributed by atoms with Crippen molar-refractivity contribution in [3.8, 4) is 0 Å². The molecule has 0 radical (unpaired) electrons. The molecule has 8 unspecified atom stereocenters. The number of hydrogen-bond donors (Lipinski definition) is 1. The smallest absolute Gasteiger partial charge is 0.253 e. The lowest BCUT2D eigenvalue weighted by Gasteiger charge is -2.10. The molecule has 172 valence electrons. The zero-order valence-electron chi connectivity index (χ0n) is 17.7. The number of fused-ring (bicyclic) bond motifs is 10. The molecule has 11 heteroatoms. The maximum absolute atomic E-state index is 11.6. The van der Waals surface area contributed by atoms with Gasteiger partial charge in [0.25, 0.3) is 11.8 Å². The van der Waals surface area contributed by atoms with Crippen LogP contribution in [-0.2, 0) is 38.2 Å². The molecule has 4 saturated heterocycles. The molecular weight excluding hydrogens is 434 g/mol. The van der Waals surface area contributed by atoms with Gasteiger partial charge in [-0.2, -0.15) is 0 Å². The second-order valence-corrected chi connectivity index (χ2v) is 8.66. The van der Waals surface area contributed by atoms with Crippen LogP contribution in [0.3, 0.4) is 0 Å². The summed E-state index contributed by atoms with van der Waals surface area (Å²) in [4.78, 5) is 68.7. The van der Waals surface area contributed by atoms with E-state index in [9.17, 15) is 28.8 Å². The van der Waals surface area contributed by atoms with E-state index in [0.717, 1.165) is 4.90 Å². The summed E-state index contributed by atoms with van der Waals surface area (Å²) >= 11 is 0. The van der Waals surface area contributed by atoms with Crippen molar-refractivity contribution in [3.05, 3.63) is 36.5 Å². The Morgan fingerprint density at radius 3 is 1.30 bits per heavy atom. The van der Waals surface area contributed by atoms with Crippen molar-refractivity contribution in [1.29, 1.82) is 0 Å². The number of hydrogen-bond acceptors (Lipinski definition) is 8. The minimum Gasteiger partial charge on any atom is -0.365 e. The van der Waals surface area contributed by atoms with E-state index in [0.29, 0.717) is 0 Å². The summed E-state index contributed by atoms with van der Waals surface area (Å²) in [5.41, 5.74) is 0. The van der Waals surface area contributed by atoms with Gasteiger partial charge < -0.3 is 9.47 Å². The molecule has 0 saturated carbocycles. The first-order chi connectivity index (χ1) is 15.7. The van der Waals surface area contributed by atoms with E-state index in [2.05, 4.69) is 5.32 Å². The highest BCUT2D eigenvalue weighted by molar-refractivity contribution is 6.12. The van der Waals surface area contributed by atoms with Crippen LogP contribution in [0.4, 0.5) is 0 Å². The number of imide groups is 3. The van der Waals surface area contributed by atoms with Crippen molar-refractivity contribution in [2.75, 3.05) is 14.1 Å². The lowest BCUT2D eigenvalue weighted by Crippen LogP contribution is -2.30. The number of nitrogens with zero attached hydrogens (tertiary/aromatic N) is 2. The number of carbonyl (C=O) groups is 6. The molecule has 11 nitrogen and oxygen atoms in total. The summed E-state index contributed by atoms with van der Waals surface area (Å²) in [5.74, 6) is -2.02. The van der Waals surface area contributed by atoms with E-state index >= 15 is 0 Å². The largest absolute Gasteiger partial charge is 0.365 e. The van der Waals surface area contributed by atoms with Crippen molar-refractivity contribution in [2.24, 2.45) is 23.7 Å². The standard InChI is InChI=1S/C9H9NO3.C8H7NO3.C5H5NO2/c1-10-8(11)6-4-2-3-5(13-4)7(6)9(10)12;10-7-5-3-1-2-4(12-3)6(5)8(11)9-7;1-6-4(7)2-3-5(6)8/h2-7H,1H3;1-6H,(H,9,10,11);2-3H,1H3. The summed E-state index contributed by atoms with van der Waals surface area (Å²) in [6.45, 7) is 0. The number of amides is 6. The summed E-state index contributed by atoms with van der Waals surface area (Å²) in [5, 5.41) is 2.32. The van der Waals surface area contributed by atoms with E-state index in [-0.39, 0.29) is 83.5 Å². The second kappa shape index (κ2) is 7.56. The maximum Gasteiger partial charge on any atom is 0.253 e. The van der Waals surface area contributed by atoms with Crippen LogP contribution in [-0.4, -0.2) is 83.8 Å². The number of rotatable bonds is 0. The third-order valence-electron chi connectivity index (χ3n) is 6.91. The zero-order valence-corrected chi connectivity index (χ0v) is 17.7. The monoisotopic (exact) mass is 455 g/mol. The number of likely N-dealkylation sites (N-methyl/N-ethyl adjacent to an activating group) is 1. The highest BCUT2D eigenvalue weighted by Gasteiger charge is 2.60. The van der Waals surface area contributed by atoms with Gasteiger partial charge in [0.2, 0.25) is 23.6 Å². The minimum absolute atomic E-state index is 0.0909. The van der Waals surface area contributed by atoms with Crippen LogP contribution in [0.2, 0.25) is 0 Å². The van der Waals surface area contributed by atoms with Gasteiger partial charge in [0.05, 0.1) is 48.1 Å². The molecule has 7 aliphatic heterocycles. The van der Waals surface area contributed by atoms with Gasteiger partial charge in [0.15, 0.2) is 0 Å². The number of likely N-dealkylation sites (tertiary alicyclic amines) is 1. The van der Waals surface area contributed by atoms with E-state index in [1.165, 1.54) is 24.1 Å². The predicted octanol–water partition coefficient (Wildman–Crippen LogP) is -1.69. The number of ether oxygens (including phenoxy) is 2. The topological polar surface area (TPSA) is 139 Å². The van der Waals surface area contributed by atoms with Crippen LogP contribution in [0.1, 0.15) is 0 Å². The Balaban J connectivity index is 0.000000107. The molecule has 4 bridgehead atoms. The van der Waals surface area contributed by atoms with Gasteiger partial charge in [-0.25, -0.2) is 0 Å². The Labute approximate surface area is 188 Å². The van der Waals surface area contributed by atoms with Crippen molar-refractivity contribution in [1.82, 2.24) is 15.1 Å². The third-order valence-corrected chi connectivity index (χ3v) is 6.91. The van der Waals surface area contributed by atoms with Crippen LogP contribution in [0.15, 0.2) is 36.5 Å². The number of nitrogens with one attached hydrogen (secondary N) is 1. The Hall–Kier alpha value is -3.44. The zero-order chi connectivity index (χ0) is 23.6. The van der Waals surface area contributed by atoms with Gasteiger partial charge in [-0.05, 0) is 0 Å². The van der Waals surface area contributed by atoms with Crippen molar-refractivity contribution in [3.63, 3.8) is 0 Å². The molecule has 0 aromatic carbocycles. The average Bonchev–Trinajstić information content (AvgIpc) is 3.64. The minimum atomic E-state index is -0.257. The van der Waals surface area contributed by atoms with Crippen molar-refractivity contribution >= 4 is 35.4 Å². The molecule has 7 heterocycles. The van der Waals surface area contributed by atoms with Crippen LogP contribution >= 0.6 is 0 Å². The first-order valence-corrected chi connectivity index (χ1v) is 10.5. The maximum atomic E-state index is 11.6. The van der Waals surface area contributed by atoms with Gasteiger partial charge in [0.1, 0.15) is 0 Å². The SMILES string of the molecule is CN1C(=O)C2C3C=CC(O3)C2C1=O.CN1C(=O)C=CC1=O.O=C1NC(=O)C2C3C=CC(O3)C12. The van der Waals surface area contributed by atoms with Gasteiger partial charge in [-0.15, -0.1) is 0 Å². The Bertz CT molecular complexity index is 1000. The van der Waals surface area contributed by atoms with Crippen LogP contribution in [0, 0.1) is 23.7 Å². The average molecular weight is 455 g/mol. The molecule has 6 amide bonds. The fraction of sp³-hybridized carbons (Fsp3) is 0.455. The molecule has 0 spiro atoms. The molecule has 33 heavy (non-hydrogen) atoms. The van der Waals surface area contributed by atoms with E-state index in [1.807, 2.05) is 24.3 Å². The summed E-state index contributed by atoms with van der Waals surface area (Å²) in [6, 6.07) is 0. The first-order valence-electron chi connectivity index (χ1n) is 10.5. The van der Waals surface area contributed by atoms with Gasteiger partial charge in [0, 0.05) is 26.2 Å². The number of carbonyl (C=O) groups excluding carboxylic acids is 6. The Kier molecular flexibility index (Phi) is 4.91. The summed E-state index contributed by atoms with van der Waals surface area (Å²) in [6.07, 6.45) is 9.37. The Morgan fingerprint density at radius 2 is 0.970 bits per heavy atom. The molecule has 0 aromatic heterocycles. The highest BCUT2D eigenvalue weighted by Crippen LogP contribution is 2.44. The lowest BCUT2D eigenvalue weighted by molar-refractivity contribution is -0.141. The molecular formula is C22H21N3O8. The third kappa shape index (κ3) is 3.18. The fourth-order valence-corrected chi connectivity index (χ4v) is 5.15. The lowest BCUT2D eigenvalue weighted by atomic mass is 9.85. The molecule has 0 aromatic rings. The predicted molar refractivity (Wildman–Crippen MR) is 107 cm³/mol. The molecule has 7 rings (SSSR count). The van der Waals surface area contributed by atoms with Gasteiger partial charge >= 0.3 is 0 Å². The van der Waals surface area contributed by atoms with Crippen molar-refractivity contribution < 1.29 is 38.2 Å². The molecule has 1 N–H and O–H groups in total. The summed E-state index contributed by atoms with van der Waals surface area (Å²) in [7, 11) is 2.99. The molecule has 8 atom stereocenters.